The van der Waals surface area contributed by atoms with E-state index in [2.05, 4.69) is 0 Å². The molecule has 0 N–H and O–H groups in total. The molecule has 0 spiro atoms. The van der Waals surface area contributed by atoms with Gasteiger partial charge in [-0.05, 0) is 42.5 Å². The second-order valence-electron chi connectivity index (χ2n) is 8.83. The summed E-state index contributed by atoms with van der Waals surface area (Å²) in [7, 11) is -3.66. The number of non-ortho nitro benzene ring substituents is 1. The third kappa shape index (κ3) is 5.06. The van der Waals surface area contributed by atoms with Gasteiger partial charge in [-0.15, -0.1) is 0 Å². The second-order valence-corrected chi connectivity index (χ2v) is 10.8. The molecular formula is C23H26N2O8S. The fraction of sp³-hybridized carbons (Fsp3) is 0.435. The number of ether oxygens (including phenoxy) is 3. The van der Waals surface area contributed by atoms with Crippen LogP contribution in [0.4, 0.5) is 5.69 Å². The lowest BCUT2D eigenvalue weighted by molar-refractivity contribution is -0.385. The summed E-state index contributed by atoms with van der Waals surface area (Å²) in [6.07, 6.45) is 0.989. The minimum absolute atomic E-state index is 0.00370. The Hall–Kier alpha value is -3.02. The molecule has 1 saturated heterocycles. The summed E-state index contributed by atoms with van der Waals surface area (Å²) in [5.41, 5.74) is 0.869. The lowest BCUT2D eigenvalue weighted by Crippen LogP contribution is -2.42. The maximum atomic E-state index is 13.0. The van der Waals surface area contributed by atoms with E-state index in [-0.39, 0.29) is 48.0 Å². The molecule has 0 saturated carbocycles. The maximum Gasteiger partial charge on any atom is 0.338 e. The summed E-state index contributed by atoms with van der Waals surface area (Å²) in [5, 5.41) is 11.2. The van der Waals surface area contributed by atoms with E-state index in [1.54, 1.807) is 0 Å². The van der Waals surface area contributed by atoms with Gasteiger partial charge in [0.2, 0.25) is 10.0 Å². The van der Waals surface area contributed by atoms with Gasteiger partial charge in [0.05, 0.1) is 22.0 Å². The number of nitrogens with zero attached hydrogens (tertiary/aromatic N) is 2. The molecule has 182 valence electrons. The molecule has 0 unspecified atom stereocenters. The summed E-state index contributed by atoms with van der Waals surface area (Å²) in [4.78, 5) is 23.4. The number of carbonyl (C=O) groups is 1. The zero-order chi connectivity index (χ0) is 24.5. The normalized spacial score (nSPS) is 20.8. The van der Waals surface area contributed by atoms with Crippen molar-refractivity contribution >= 4 is 21.7 Å². The molecular weight excluding hydrogens is 464 g/mol. The van der Waals surface area contributed by atoms with Crippen molar-refractivity contribution in [2.75, 3.05) is 19.9 Å². The van der Waals surface area contributed by atoms with Gasteiger partial charge in [0.1, 0.15) is 12.4 Å². The molecule has 2 aromatic rings. The van der Waals surface area contributed by atoms with Crippen molar-refractivity contribution in [2.45, 2.75) is 38.4 Å². The van der Waals surface area contributed by atoms with E-state index in [0.717, 1.165) is 6.42 Å². The number of esters is 1. The average molecular weight is 491 g/mol. The number of nitro groups is 1. The van der Waals surface area contributed by atoms with Crippen molar-refractivity contribution in [2.24, 2.45) is 11.8 Å². The molecule has 2 atom stereocenters. The summed E-state index contributed by atoms with van der Waals surface area (Å²) in [5.74, 6) is 0.276. The van der Waals surface area contributed by atoms with Crippen LogP contribution in [-0.2, 0) is 32.7 Å². The molecule has 2 aliphatic heterocycles. The van der Waals surface area contributed by atoms with Crippen LogP contribution in [0, 0.1) is 22.0 Å². The van der Waals surface area contributed by atoms with Crippen LogP contribution < -0.4 is 4.74 Å². The first-order valence-corrected chi connectivity index (χ1v) is 12.4. The monoisotopic (exact) mass is 490 g/mol. The third-order valence-corrected chi connectivity index (χ3v) is 7.75. The predicted molar refractivity (Wildman–Crippen MR) is 121 cm³/mol. The van der Waals surface area contributed by atoms with E-state index in [1.807, 2.05) is 13.8 Å². The Morgan fingerprint density at radius 1 is 1.18 bits per heavy atom. The number of hydrogen-bond donors (Lipinski definition) is 0. The summed E-state index contributed by atoms with van der Waals surface area (Å²) in [6, 6.07) is 8.26. The number of rotatable bonds is 6. The predicted octanol–water partition coefficient (Wildman–Crippen LogP) is 3.48. The first-order chi connectivity index (χ1) is 16.1. The lowest BCUT2D eigenvalue weighted by atomic mass is 9.94. The van der Waals surface area contributed by atoms with Gasteiger partial charge in [0.25, 0.3) is 5.69 Å². The minimum atomic E-state index is -3.66. The zero-order valence-corrected chi connectivity index (χ0v) is 19.7. The molecule has 0 aromatic heterocycles. The second kappa shape index (κ2) is 9.69. The molecule has 4 rings (SSSR count). The van der Waals surface area contributed by atoms with Gasteiger partial charge in [0.15, 0.2) is 6.79 Å². The SMILES string of the molecule is C[C@@H]1C[C@H](C)CN(S(=O)(=O)c2ccc(C(=O)OCc3cc([N+](=O)[O-])cc4c3OCOC4)cc2)C1. The van der Waals surface area contributed by atoms with Crippen molar-refractivity contribution in [1.29, 1.82) is 0 Å². The largest absolute Gasteiger partial charge is 0.467 e. The van der Waals surface area contributed by atoms with E-state index < -0.39 is 20.9 Å². The molecule has 0 amide bonds. The third-order valence-electron chi connectivity index (χ3n) is 5.90. The Bertz CT molecular complexity index is 1190. The number of benzene rings is 2. The van der Waals surface area contributed by atoms with Crippen molar-refractivity contribution in [1.82, 2.24) is 4.31 Å². The molecule has 1 fully saturated rings. The highest BCUT2D eigenvalue weighted by atomic mass is 32.2. The standard InChI is InChI=1S/C23H26N2O8S/c1-15-7-16(2)11-24(10-15)34(29,30)21-5-3-17(4-6-21)23(26)32-13-19-9-20(25(27)28)8-18-12-31-14-33-22(18)19/h3-6,8-9,15-16H,7,10-14H2,1-2H3/t15-,16+. The topological polar surface area (TPSA) is 125 Å². The Labute approximate surface area is 197 Å². The number of hydrogen-bond acceptors (Lipinski definition) is 8. The summed E-state index contributed by atoms with van der Waals surface area (Å²) in [6.45, 7) is 4.92. The summed E-state index contributed by atoms with van der Waals surface area (Å²) < 4.78 is 43.5. The van der Waals surface area contributed by atoms with Gasteiger partial charge >= 0.3 is 5.97 Å². The first kappa shape index (κ1) is 24.1. The van der Waals surface area contributed by atoms with Gasteiger partial charge < -0.3 is 14.2 Å². The highest BCUT2D eigenvalue weighted by Gasteiger charge is 2.31. The lowest BCUT2D eigenvalue weighted by Gasteiger charge is -2.34. The Kier molecular flexibility index (Phi) is 6.87. The quantitative estimate of drug-likeness (QED) is 0.342. The average Bonchev–Trinajstić information content (AvgIpc) is 2.81. The van der Waals surface area contributed by atoms with Gasteiger partial charge in [-0.3, -0.25) is 10.1 Å². The molecule has 2 aromatic carbocycles. The van der Waals surface area contributed by atoms with E-state index in [4.69, 9.17) is 14.2 Å². The van der Waals surface area contributed by atoms with E-state index in [9.17, 15) is 23.3 Å². The summed E-state index contributed by atoms with van der Waals surface area (Å²) >= 11 is 0. The molecule has 2 aliphatic rings. The van der Waals surface area contributed by atoms with Crippen molar-refractivity contribution in [3.05, 3.63) is 63.2 Å². The fourth-order valence-corrected chi connectivity index (χ4v) is 6.11. The number of sulfonamides is 1. The molecule has 2 heterocycles. The van der Waals surface area contributed by atoms with Crippen LogP contribution >= 0.6 is 0 Å². The van der Waals surface area contributed by atoms with Gasteiger partial charge in [-0.1, -0.05) is 13.8 Å². The van der Waals surface area contributed by atoms with Gasteiger partial charge in [0, 0.05) is 36.3 Å². The van der Waals surface area contributed by atoms with Crippen LogP contribution in [0.3, 0.4) is 0 Å². The Morgan fingerprint density at radius 2 is 1.85 bits per heavy atom. The number of fused-ring (bicyclic) bond motifs is 1. The minimum Gasteiger partial charge on any atom is -0.467 e. The van der Waals surface area contributed by atoms with E-state index >= 15 is 0 Å². The highest BCUT2D eigenvalue weighted by Crippen LogP contribution is 2.33. The molecule has 0 bridgehead atoms. The smallest absolute Gasteiger partial charge is 0.338 e. The van der Waals surface area contributed by atoms with Crippen molar-refractivity contribution < 1.29 is 32.3 Å². The van der Waals surface area contributed by atoms with Crippen LogP contribution in [0.2, 0.25) is 0 Å². The highest BCUT2D eigenvalue weighted by molar-refractivity contribution is 7.89. The van der Waals surface area contributed by atoms with Crippen LogP contribution in [-0.4, -0.2) is 43.5 Å². The maximum absolute atomic E-state index is 13.0. The van der Waals surface area contributed by atoms with Crippen molar-refractivity contribution in [3.8, 4) is 5.75 Å². The van der Waals surface area contributed by atoms with Crippen LogP contribution in [0.25, 0.3) is 0 Å². The number of nitro benzene ring substituents is 1. The fourth-order valence-electron chi connectivity index (χ4n) is 4.43. The van der Waals surface area contributed by atoms with Crippen LogP contribution in [0.5, 0.6) is 5.75 Å². The first-order valence-electron chi connectivity index (χ1n) is 10.9. The number of piperidine rings is 1. The van der Waals surface area contributed by atoms with Gasteiger partial charge in [-0.2, -0.15) is 4.31 Å². The Morgan fingerprint density at radius 3 is 2.50 bits per heavy atom. The number of carbonyl (C=O) groups excluding carboxylic acids is 1. The molecule has 0 radical (unpaired) electrons. The molecule has 11 heteroatoms. The van der Waals surface area contributed by atoms with Crippen LogP contribution in [0.1, 0.15) is 41.8 Å². The molecule has 10 nitrogen and oxygen atoms in total. The van der Waals surface area contributed by atoms with Crippen LogP contribution in [0.15, 0.2) is 41.3 Å². The van der Waals surface area contributed by atoms with E-state index in [1.165, 1.54) is 40.7 Å². The Balaban J connectivity index is 1.47. The van der Waals surface area contributed by atoms with E-state index in [0.29, 0.717) is 30.0 Å². The zero-order valence-electron chi connectivity index (χ0n) is 18.9. The van der Waals surface area contributed by atoms with Gasteiger partial charge in [-0.25, -0.2) is 13.2 Å². The molecule has 0 aliphatic carbocycles. The van der Waals surface area contributed by atoms with Crippen molar-refractivity contribution in [3.63, 3.8) is 0 Å². The molecule has 34 heavy (non-hydrogen) atoms.